The number of aromatic amines is 1. The van der Waals surface area contributed by atoms with Crippen LogP contribution in [0.25, 0.3) is 10.9 Å². The number of H-pyrrole nitrogens is 1. The molecule has 5 heteroatoms. The van der Waals surface area contributed by atoms with Gasteiger partial charge in [-0.1, -0.05) is 0 Å². The van der Waals surface area contributed by atoms with Crippen molar-refractivity contribution < 1.29 is 13.2 Å². The summed E-state index contributed by atoms with van der Waals surface area (Å²) in [7, 11) is 0. The fraction of sp³-hybridized carbons (Fsp3) is 0.250. The molecule has 17 heavy (non-hydrogen) atoms. The highest BCUT2D eigenvalue weighted by atomic mass is 19.2. The topological polar surface area (TPSA) is 32.9 Å². The van der Waals surface area contributed by atoms with E-state index in [9.17, 15) is 18.0 Å². The zero-order valence-electron chi connectivity index (χ0n) is 8.74. The molecule has 1 aliphatic rings. The number of nitrogens with one attached hydrogen (secondary N) is 1. The van der Waals surface area contributed by atoms with Crippen LogP contribution in [0.2, 0.25) is 0 Å². The Labute approximate surface area is 94.1 Å². The lowest BCUT2D eigenvalue weighted by molar-refractivity contribution is 0.452. The Morgan fingerprint density at radius 2 is 1.88 bits per heavy atom. The fourth-order valence-electron chi connectivity index (χ4n) is 2.34. The highest BCUT2D eigenvalue weighted by Crippen LogP contribution is 2.24. The Morgan fingerprint density at radius 3 is 2.65 bits per heavy atom. The number of fused-ring (bicyclic) bond motifs is 2. The molecule has 1 aromatic heterocycles. The molecular weight excluding hydrogens is 231 g/mol. The van der Waals surface area contributed by atoms with Crippen molar-refractivity contribution in [2.75, 3.05) is 0 Å². The molecule has 2 aromatic rings. The van der Waals surface area contributed by atoms with Gasteiger partial charge in [0.25, 0.3) is 0 Å². The minimum atomic E-state index is -1.55. The van der Waals surface area contributed by atoms with Crippen LogP contribution in [0.15, 0.2) is 10.9 Å². The molecule has 0 saturated heterocycles. The summed E-state index contributed by atoms with van der Waals surface area (Å²) in [5.74, 6) is -4.21. The van der Waals surface area contributed by atoms with Crippen LogP contribution >= 0.6 is 0 Å². The van der Waals surface area contributed by atoms with Crippen molar-refractivity contribution in [2.24, 2.45) is 0 Å². The Hall–Kier alpha value is -1.78. The van der Waals surface area contributed by atoms with Crippen LogP contribution in [0.1, 0.15) is 17.7 Å². The molecule has 0 spiro atoms. The third kappa shape index (κ3) is 1.31. The molecule has 0 amide bonds. The van der Waals surface area contributed by atoms with Crippen LogP contribution in [0, 0.1) is 17.5 Å². The molecule has 88 valence electrons. The number of aryl methyl sites for hydroxylation is 1. The number of hydrogen-bond acceptors (Lipinski definition) is 1. The van der Waals surface area contributed by atoms with E-state index in [1.807, 2.05) is 0 Å². The van der Waals surface area contributed by atoms with Gasteiger partial charge in [0.2, 0.25) is 0 Å². The van der Waals surface area contributed by atoms with E-state index >= 15 is 0 Å². The first kappa shape index (κ1) is 10.4. The van der Waals surface area contributed by atoms with Crippen LogP contribution in [-0.4, -0.2) is 4.98 Å². The van der Waals surface area contributed by atoms with Crippen molar-refractivity contribution in [3.63, 3.8) is 0 Å². The quantitative estimate of drug-likeness (QED) is 0.704. The van der Waals surface area contributed by atoms with Gasteiger partial charge in [-0.3, -0.25) is 4.79 Å². The normalized spacial score (nSPS) is 14.3. The number of aromatic nitrogens is 1. The van der Waals surface area contributed by atoms with Crippen LogP contribution in [0.3, 0.4) is 0 Å². The summed E-state index contributed by atoms with van der Waals surface area (Å²) < 4.78 is 39.7. The van der Waals surface area contributed by atoms with Gasteiger partial charge < -0.3 is 4.98 Å². The maximum absolute atomic E-state index is 13.5. The predicted octanol–water partition coefficient (Wildman–Crippen LogP) is 2.43. The van der Waals surface area contributed by atoms with Gasteiger partial charge in [-0.05, 0) is 25.3 Å². The predicted molar refractivity (Wildman–Crippen MR) is 56.5 cm³/mol. The molecule has 0 radical (unpaired) electrons. The van der Waals surface area contributed by atoms with Crippen LogP contribution in [0.4, 0.5) is 13.2 Å². The summed E-state index contributed by atoms with van der Waals surface area (Å²) >= 11 is 0. The van der Waals surface area contributed by atoms with E-state index in [1.54, 1.807) is 0 Å². The summed E-state index contributed by atoms with van der Waals surface area (Å²) in [5.41, 5.74) is 0.550. The van der Waals surface area contributed by atoms with Crippen LogP contribution in [0.5, 0.6) is 0 Å². The zero-order chi connectivity index (χ0) is 12.2. The van der Waals surface area contributed by atoms with Crippen molar-refractivity contribution in [2.45, 2.75) is 19.3 Å². The average molecular weight is 239 g/mol. The van der Waals surface area contributed by atoms with Gasteiger partial charge in [-0.2, -0.15) is 0 Å². The van der Waals surface area contributed by atoms with E-state index in [1.165, 1.54) is 0 Å². The summed E-state index contributed by atoms with van der Waals surface area (Å²) in [6, 6.07) is 0.755. The first-order valence-electron chi connectivity index (χ1n) is 5.31. The minimum Gasteiger partial charge on any atom is -0.355 e. The van der Waals surface area contributed by atoms with Crippen LogP contribution < -0.4 is 5.43 Å². The molecule has 0 fully saturated rings. The van der Waals surface area contributed by atoms with Gasteiger partial charge in [0, 0.05) is 11.3 Å². The second-order valence-electron chi connectivity index (χ2n) is 4.17. The van der Waals surface area contributed by atoms with E-state index in [2.05, 4.69) is 4.98 Å². The molecule has 0 unspecified atom stereocenters. The summed E-state index contributed by atoms with van der Waals surface area (Å²) in [6.07, 6.45) is 2.03. The molecule has 2 nitrogen and oxygen atoms in total. The average Bonchev–Trinajstić information content (AvgIpc) is 2.77. The van der Waals surface area contributed by atoms with E-state index in [4.69, 9.17) is 0 Å². The first-order valence-corrected chi connectivity index (χ1v) is 5.31. The molecule has 0 bridgehead atoms. The first-order chi connectivity index (χ1) is 8.09. The van der Waals surface area contributed by atoms with Gasteiger partial charge in [0.05, 0.1) is 10.9 Å². The lowest BCUT2D eigenvalue weighted by Crippen LogP contribution is -2.12. The number of rotatable bonds is 0. The molecule has 0 atom stereocenters. The lowest BCUT2D eigenvalue weighted by Gasteiger charge is -2.05. The molecule has 1 N–H and O–H groups in total. The standard InChI is InChI=1S/C12H8F3NO/c13-7-4-6-11(10(15)9(7)14)16-8-3-1-2-5(8)12(6)17/h4H,1-3H2,(H,16,17). The number of benzene rings is 1. The third-order valence-electron chi connectivity index (χ3n) is 3.17. The van der Waals surface area contributed by atoms with Gasteiger partial charge in [-0.15, -0.1) is 0 Å². The van der Waals surface area contributed by atoms with Crippen molar-refractivity contribution in [3.05, 3.63) is 45.0 Å². The molecule has 1 aliphatic carbocycles. The lowest BCUT2D eigenvalue weighted by atomic mass is 10.1. The molecular formula is C12H8F3NO. The smallest absolute Gasteiger partial charge is 0.196 e. The largest absolute Gasteiger partial charge is 0.355 e. The van der Waals surface area contributed by atoms with E-state index < -0.39 is 22.9 Å². The van der Waals surface area contributed by atoms with E-state index in [0.29, 0.717) is 24.1 Å². The SMILES string of the molecule is O=c1c2c([nH]c3c(F)c(F)c(F)cc13)CCC2. The Morgan fingerprint density at radius 1 is 1.12 bits per heavy atom. The second-order valence-corrected chi connectivity index (χ2v) is 4.17. The number of pyridine rings is 1. The monoisotopic (exact) mass is 239 g/mol. The van der Waals surface area contributed by atoms with Crippen molar-refractivity contribution >= 4 is 10.9 Å². The third-order valence-corrected chi connectivity index (χ3v) is 3.17. The maximum Gasteiger partial charge on any atom is 0.196 e. The Balaban J connectivity index is 2.52. The molecule has 3 rings (SSSR count). The van der Waals surface area contributed by atoms with Gasteiger partial charge >= 0.3 is 0 Å². The van der Waals surface area contributed by atoms with Gasteiger partial charge in [-0.25, -0.2) is 13.2 Å². The highest BCUT2D eigenvalue weighted by molar-refractivity contribution is 5.80. The molecule has 0 aliphatic heterocycles. The Bertz CT molecular complexity index is 690. The van der Waals surface area contributed by atoms with Gasteiger partial charge in [0.15, 0.2) is 22.9 Å². The second kappa shape index (κ2) is 3.35. The molecule has 1 aromatic carbocycles. The van der Waals surface area contributed by atoms with Crippen molar-refractivity contribution in [1.29, 1.82) is 0 Å². The molecule has 1 heterocycles. The molecule has 0 saturated carbocycles. The highest BCUT2D eigenvalue weighted by Gasteiger charge is 2.21. The van der Waals surface area contributed by atoms with Crippen molar-refractivity contribution in [3.8, 4) is 0 Å². The van der Waals surface area contributed by atoms with Crippen LogP contribution in [-0.2, 0) is 12.8 Å². The zero-order valence-corrected chi connectivity index (χ0v) is 8.74. The summed E-state index contributed by atoms with van der Waals surface area (Å²) in [6.45, 7) is 0. The number of hydrogen-bond donors (Lipinski definition) is 1. The maximum atomic E-state index is 13.5. The fourth-order valence-corrected chi connectivity index (χ4v) is 2.34. The Kier molecular flexibility index (Phi) is 2.05. The van der Waals surface area contributed by atoms with Gasteiger partial charge in [0.1, 0.15) is 0 Å². The number of halogens is 3. The summed E-state index contributed by atoms with van der Waals surface area (Å²) in [4.78, 5) is 14.7. The van der Waals surface area contributed by atoms with Crippen molar-refractivity contribution in [1.82, 2.24) is 4.98 Å². The van der Waals surface area contributed by atoms with E-state index in [-0.39, 0.29) is 10.9 Å². The van der Waals surface area contributed by atoms with E-state index in [0.717, 1.165) is 12.5 Å². The minimum absolute atomic E-state index is 0.123. The summed E-state index contributed by atoms with van der Waals surface area (Å²) in [5, 5.41) is -0.123.